The lowest BCUT2D eigenvalue weighted by atomic mass is 10.1. The molecule has 2 aromatic rings. The molecule has 39 heavy (non-hydrogen) atoms. The van der Waals surface area contributed by atoms with Gasteiger partial charge in [0.05, 0.1) is 17.0 Å². The SMILES string of the molecule is CCC(Nc1cc(C(F)F)c(-c2sc(C(=O)N[C@H]3CCC[C@@H]3O)nc2C(=O)N2CCC[C@@H]2C)cn1)C(F)(F)F. The molecule has 4 atom stereocenters. The number of aromatic nitrogens is 2. The molecule has 1 aliphatic heterocycles. The summed E-state index contributed by atoms with van der Waals surface area (Å²) in [6.07, 6.45) is -4.49. The Bertz CT molecular complexity index is 1210. The summed E-state index contributed by atoms with van der Waals surface area (Å²) in [6, 6.07) is -1.77. The van der Waals surface area contributed by atoms with E-state index in [0.717, 1.165) is 42.9 Å². The first-order chi connectivity index (χ1) is 18.4. The molecule has 0 radical (unpaired) electrons. The van der Waals surface area contributed by atoms with E-state index < -0.39 is 54.0 Å². The second kappa shape index (κ2) is 11.7. The van der Waals surface area contributed by atoms with Crippen LogP contribution in [0.5, 0.6) is 0 Å². The van der Waals surface area contributed by atoms with Crippen molar-refractivity contribution in [2.75, 3.05) is 11.9 Å². The molecule has 8 nitrogen and oxygen atoms in total. The van der Waals surface area contributed by atoms with Gasteiger partial charge in [-0.25, -0.2) is 18.7 Å². The lowest BCUT2D eigenvalue weighted by Gasteiger charge is -2.22. The molecular weight excluding hydrogens is 545 g/mol. The summed E-state index contributed by atoms with van der Waals surface area (Å²) >= 11 is 0.728. The maximum absolute atomic E-state index is 14.2. The Hall–Kier alpha value is -2.87. The first-order valence-electron chi connectivity index (χ1n) is 12.8. The van der Waals surface area contributed by atoms with E-state index in [0.29, 0.717) is 19.4 Å². The Morgan fingerprint density at radius 1 is 1.23 bits per heavy atom. The minimum Gasteiger partial charge on any atom is -0.391 e. The number of anilines is 1. The molecule has 2 aromatic heterocycles. The second-order valence-electron chi connectivity index (χ2n) is 9.87. The van der Waals surface area contributed by atoms with Crippen molar-refractivity contribution >= 4 is 29.0 Å². The molecule has 1 unspecified atom stereocenters. The molecule has 2 fully saturated rings. The fourth-order valence-corrected chi connectivity index (χ4v) is 5.96. The molecule has 1 aliphatic carbocycles. The maximum atomic E-state index is 14.2. The van der Waals surface area contributed by atoms with Crippen LogP contribution in [0, 0.1) is 0 Å². The molecule has 3 N–H and O–H groups in total. The molecule has 3 heterocycles. The lowest BCUT2D eigenvalue weighted by molar-refractivity contribution is -0.142. The average Bonchev–Trinajstić information content (AvgIpc) is 3.61. The van der Waals surface area contributed by atoms with E-state index in [1.165, 1.54) is 6.92 Å². The van der Waals surface area contributed by atoms with E-state index in [1.807, 2.05) is 6.92 Å². The number of hydrogen-bond donors (Lipinski definition) is 3. The van der Waals surface area contributed by atoms with E-state index in [1.54, 1.807) is 4.90 Å². The van der Waals surface area contributed by atoms with Gasteiger partial charge in [-0.1, -0.05) is 6.92 Å². The molecule has 1 saturated carbocycles. The zero-order valence-corrected chi connectivity index (χ0v) is 22.2. The number of aliphatic hydroxyl groups excluding tert-OH is 1. The number of carbonyl (C=O) groups is 2. The highest BCUT2D eigenvalue weighted by Gasteiger charge is 2.39. The predicted molar refractivity (Wildman–Crippen MR) is 135 cm³/mol. The number of hydrogen-bond acceptors (Lipinski definition) is 7. The molecule has 0 spiro atoms. The molecule has 2 amide bonds. The van der Waals surface area contributed by atoms with E-state index >= 15 is 0 Å². The van der Waals surface area contributed by atoms with Gasteiger partial charge >= 0.3 is 6.18 Å². The van der Waals surface area contributed by atoms with Crippen LogP contribution in [-0.2, 0) is 0 Å². The Morgan fingerprint density at radius 2 is 1.97 bits per heavy atom. The summed E-state index contributed by atoms with van der Waals surface area (Å²) in [6.45, 7) is 3.59. The fourth-order valence-electron chi connectivity index (χ4n) is 4.97. The normalized spacial score (nSPS) is 22.4. The molecule has 214 valence electrons. The van der Waals surface area contributed by atoms with Gasteiger partial charge in [-0.15, -0.1) is 11.3 Å². The summed E-state index contributed by atoms with van der Waals surface area (Å²) in [5.74, 6) is -1.57. The number of thiazole rings is 1. The number of nitrogens with one attached hydrogen (secondary N) is 2. The van der Waals surface area contributed by atoms with Gasteiger partial charge in [-0.2, -0.15) is 13.2 Å². The van der Waals surface area contributed by atoms with Crippen molar-refractivity contribution < 1.29 is 36.6 Å². The third kappa shape index (κ3) is 6.32. The minimum atomic E-state index is -4.61. The highest BCUT2D eigenvalue weighted by Crippen LogP contribution is 2.39. The number of nitrogens with zero attached hydrogens (tertiary/aromatic N) is 3. The van der Waals surface area contributed by atoms with Crippen LogP contribution in [0.3, 0.4) is 0 Å². The number of carbonyl (C=O) groups excluding carboxylic acids is 2. The Kier molecular flexibility index (Phi) is 8.74. The number of aliphatic hydroxyl groups is 1. The number of rotatable bonds is 8. The highest BCUT2D eigenvalue weighted by atomic mass is 32.1. The van der Waals surface area contributed by atoms with Crippen molar-refractivity contribution in [2.45, 2.75) is 89.2 Å². The van der Waals surface area contributed by atoms with E-state index in [-0.39, 0.29) is 33.6 Å². The van der Waals surface area contributed by atoms with Gasteiger partial charge in [0, 0.05) is 29.9 Å². The van der Waals surface area contributed by atoms with Gasteiger partial charge in [-0.05, 0) is 51.5 Å². The van der Waals surface area contributed by atoms with Gasteiger partial charge in [0.25, 0.3) is 18.2 Å². The Morgan fingerprint density at radius 3 is 2.54 bits per heavy atom. The van der Waals surface area contributed by atoms with Gasteiger partial charge in [0.15, 0.2) is 5.01 Å². The Labute approximate surface area is 226 Å². The van der Waals surface area contributed by atoms with Crippen LogP contribution < -0.4 is 10.6 Å². The second-order valence-corrected chi connectivity index (χ2v) is 10.9. The topological polar surface area (TPSA) is 107 Å². The van der Waals surface area contributed by atoms with E-state index in [4.69, 9.17) is 0 Å². The van der Waals surface area contributed by atoms with E-state index in [9.17, 15) is 36.6 Å². The summed E-state index contributed by atoms with van der Waals surface area (Å²) in [5, 5.41) is 14.8. The van der Waals surface area contributed by atoms with Crippen LogP contribution in [0.15, 0.2) is 12.3 Å². The molecule has 4 rings (SSSR count). The van der Waals surface area contributed by atoms with Crippen molar-refractivity contribution in [1.82, 2.24) is 20.2 Å². The van der Waals surface area contributed by atoms with Crippen LogP contribution >= 0.6 is 11.3 Å². The summed E-state index contributed by atoms with van der Waals surface area (Å²) in [4.78, 5) is 36.2. The zero-order chi connectivity index (χ0) is 28.5. The number of alkyl halides is 5. The maximum Gasteiger partial charge on any atom is 0.408 e. The highest BCUT2D eigenvalue weighted by molar-refractivity contribution is 7.17. The monoisotopic (exact) mass is 575 g/mol. The molecule has 14 heteroatoms. The third-order valence-corrected chi connectivity index (χ3v) is 8.26. The van der Waals surface area contributed by atoms with Crippen molar-refractivity contribution in [2.24, 2.45) is 0 Å². The number of pyridine rings is 1. The first-order valence-corrected chi connectivity index (χ1v) is 13.6. The van der Waals surface area contributed by atoms with Crippen molar-refractivity contribution in [1.29, 1.82) is 0 Å². The first kappa shape index (κ1) is 29.1. The van der Waals surface area contributed by atoms with Crippen molar-refractivity contribution in [3.8, 4) is 10.4 Å². The van der Waals surface area contributed by atoms with Crippen LogP contribution in [0.25, 0.3) is 10.4 Å². The van der Waals surface area contributed by atoms with Crippen LogP contribution in [-0.4, -0.2) is 68.7 Å². The summed E-state index contributed by atoms with van der Waals surface area (Å²) < 4.78 is 68.2. The number of likely N-dealkylation sites (tertiary alicyclic amines) is 1. The number of halogens is 5. The van der Waals surface area contributed by atoms with Gasteiger partial charge in [0.1, 0.15) is 17.6 Å². The zero-order valence-electron chi connectivity index (χ0n) is 21.4. The minimum absolute atomic E-state index is 0.0200. The predicted octanol–water partition coefficient (Wildman–Crippen LogP) is 5.16. The smallest absolute Gasteiger partial charge is 0.391 e. The standard InChI is InChI=1S/C25H30F5N5O3S/c1-3-17(25(28,29)30)33-18-10-13(21(26)27)14(11-31-18)20-19(24(38)35-9-5-6-12(35)2)34-23(39-20)22(37)32-15-7-4-8-16(15)36/h10-12,15-17,21,36H,3-9H2,1-2H3,(H,31,33)(H,32,37)/t12-,15-,16-,17?/m0/s1. The van der Waals surface area contributed by atoms with Crippen LogP contribution in [0.2, 0.25) is 0 Å². The van der Waals surface area contributed by atoms with Crippen LogP contribution in [0.4, 0.5) is 27.8 Å². The quantitative estimate of drug-likeness (QED) is 0.376. The fraction of sp³-hybridized carbons (Fsp3) is 0.600. The van der Waals surface area contributed by atoms with Crippen molar-refractivity contribution in [3.63, 3.8) is 0 Å². The Balaban J connectivity index is 1.74. The van der Waals surface area contributed by atoms with Gasteiger partial charge in [-0.3, -0.25) is 9.59 Å². The lowest BCUT2D eigenvalue weighted by Crippen LogP contribution is -2.40. The largest absolute Gasteiger partial charge is 0.408 e. The molecule has 0 aromatic carbocycles. The average molecular weight is 576 g/mol. The van der Waals surface area contributed by atoms with Crippen LogP contribution in [0.1, 0.15) is 84.7 Å². The van der Waals surface area contributed by atoms with Gasteiger partial charge in [0.2, 0.25) is 0 Å². The molecular formula is C25H30F5N5O3S. The summed E-state index contributed by atoms with van der Waals surface area (Å²) in [7, 11) is 0. The summed E-state index contributed by atoms with van der Waals surface area (Å²) in [5.41, 5.74) is -1.03. The number of amides is 2. The molecule has 1 saturated heterocycles. The van der Waals surface area contributed by atoms with E-state index in [2.05, 4.69) is 20.6 Å². The van der Waals surface area contributed by atoms with Gasteiger partial charge < -0.3 is 20.6 Å². The third-order valence-electron chi connectivity index (χ3n) is 7.17. The van der Waals surface area contributed by atoms with Crippen molar-refractivity contribution in [3.05, 3.63) is 28.5 Å². The molecule has 2 aliphatic rings. The molecule has 0 bridgehead atoms.